The van der Waals surface area contributed by atoms with E-state index in [9.17, 15) is 14.4 Å². The fourth-order valence-electron chi connectivity index (χ4n) is 8.41. The molecule has 6 nitrogen and oxygen atoms in total. The molecule has 0 bridgehead atoms. The maximum Gasteiger partial charge on any atom is 0.306 e. The molecule has 0 saturated heterocycles. The molecule has 0 aliphatic rings. The standard InChI is InChI=1S/C61H110O6/c1-4-7-10-13-16-19-22-24-26-28-30-32-34-36-39-42-45-48-51-54-60(63)66-57-58(56-65-59(62)53-50-47-44-41-38-21-18-15-12-9-6-3)67-61(64)55-52-49-46-43-40-37-35-33-31-29-27-25-23-20-17-14-11-8-5-2/h15-16,18-19,21-22,24,38,58H,4-14,17,20,23,25-37,39-57H2,1-3H3/b18-15-,19-16-,24-22-,38-21-. The molecule has 6 heteroatoms. The first-order valence-corrected chi connectivity index (χ1v) is 29.2. The molecule has 1 atom stereocenters. The number of allylic oxidation sites excluding steroid dienone is 8. The normalized spacial score (nSPS) is 12.3. The maximum atomic E-state index is 12.9. The zero-order chi connectivity index (χ0) is 48.6. The molecular formula is C61H110O6. The topological polar surface area (TPSA) is 78.9 Å². The number of rotatable bonds is 53. The van der Waals surface area contributed by atoms with Gasteiger partial charge in [0.15, 0.2) is 6.10 Å². The predicted molar refractivity (Wildman–Crippen MR) is 289 cm³/mol. The summed E-state index contributed by atoms with van der Waals surface area (Å²) in [4.78, 5) is 38.1. The van der Waals surface area contributed by atoms with Crippen molar-refractivity contribution >= 4 is 17.9 Å². The smallest absolute Gasteiger partial charge is 0.306 e. The lowest BCUT2D eigenvalue weighted by atomic mass is 10.0. The molecule has 0 amide bonds. The first kappa shape index (κ1) is 64.4. The van der Waals surface area contributed by atoms with Gasteiger partial charge < -0.3 is 14.2 Å². The molecular weight excluding hydrogens is 829 g/mol. The highest BCUT2D eigenvalue weighted by atomic mass is 16.6. The Morgan fingerprint density at radius 2 is 0.537 bits per heavy atom. The van der Waals surface area contributed by atoms with Crippen LogP contribution in [0.15, 0.2) is 48.6 Å². The summed E-state index contributed by atoms with van der Waals surface area (Å²) in [7, 11) is 0. The molecule has 0 aromatic carbocycles. The molecule has 0 saturated carbocycles. The van der Waals surface area contributed by atoms with Crippen molar-refractivity contribution in [3.05, 3.63) is 48.6 Å². The van der Waals surface area contributed by atoms with Gasteiger partial charge in [-0.2, -0.15) is 0 Å². The third-order valence-corrected chi connectivity index (χ3v) is 12.9. The van der Waals surface area contributed by atoms with Gasteiger partial charge >= 0.3 is 17.9 Å². The van der Waals surface area contributed by atoms with Gasteiger partial charge in [-0.15, -0.1) is 0 Å². The SMILES string of the molecule is CCCC/C=C\C=C/CCCCCC(=O)OCC(COC(=O)CCCCCCCCCCCC/C=C\C=C/CCCCC)OC(=O)CCCCCCCCCCCCCCCCCCCCC. The summed E-state index contributed by atoms with van der Waals surface area (Å²) in [6.45, 7) is 6.57. The van der Waals surface area contributed by atoms with Crippen molar-refractivity contribution in [3.63, 3.8) is 0 Å². The fourth-order valence-corrected chi connectivity index (χ4v) is 8.41. The van der Waals surface area contributed by atoms with Crippen molar-refractivity contribution in [2.75, 3.05) is 13.2 Å². The van der Waals surface area contributed by atoms with Crippen LogP contribution in [0.25, 0.3) is 0 Å². The number of unbranched alkanes of at least 4 members (excludes halogenated alkanes) is 36. The summed E-state index contributed by atoms with van der Waals surface area (Å²) in [6, 6.07) is 0. The molecule has 0 spiro atoms. The minimum absolute atomic E-state index is 0.0806. The van der Waals surface area contributed by atoms with E-state index in [1.807, 2.05) is 0 Å². The minimum atomic E-state index is -0.782. The highest BCUT2D eigenvalue weighted by Gasteiger charge is 2.19. The summed E-state index contributed by atoms with van der Waals surface area (Å²) in [6.07, 6.45) is 68.2. The van der Waals surface area contributed by atoms with Gasteiger partial charge in [0, 0.05) is 19.3 Å². The largest absolute Gasteiger partial charge is 0.462 e. The summed E-state index contributed by atoms with van der Waals surface area (Å²) in [5, 5.41) is 0. The average molecular weight is 940 g/mol. The summed E-state index contributed by atoms with van der Waals surface area (Å²) in [5.41, 5.74) is 0. The number of hydrogen-bond acceptors (Lipinski definition) is 6. The van der Waals surface area contributed by atoms with Crippen LogP contribution in [0.4, 0.5) is 0 Å². The van der Waals surface area contributed by atoms with Crippen LogP contribution in [0.5, 0.6) is 0 Å². The van der Waals surface area contributed by atoms with Crippen LogP contribution in [0.1, 0.15) is 303 Å². The Morgan fingerprint density at radius 1 is 0.299 bits per heavy atom. The van der Waals surface area contributed by atoms with Crippen LogP contribution in [-0.2, 0) is 28.6 Å². The molecule has 390 valence electrons. The Kier molecular flexibility index (Phi) is 53.8. The van der Waals surface area contributed by atoms with Crippen molar-refractivity contribution in [3.8, 4) is 0 Å². The molecule has 0 aromatic heterocycles. The van der Waals surface area contributed by atoms with Crippen LogP contribution >= 0.6 is 0 Å². The number of carbonyl (C=O) groups excluding carboxylic acids is 3. The van der Waals surface area contributed by atoms with Crippen molar-refractivity contribution in [2.24, 2.45) is 0 Å². The van der Waals surface area contributed by atoms with E-state index in [1.165, 1.54) is 193 Å². The van der Waals surface area contributed by atoms with E-state index in [-0.39, 0.29) is 31.1 Å². The van der Waals surface area contributed by atoms with Gasteiger partial charge in [-0.05, 0) is 64.2 Å². The molecule has 0 aliphatic heterocycles. The van der Waals surface area contributed by atoms with Gasteiger partial charge in [0.25, 0.3) is 0 Å². The van der Waals surface area contributed by atoms with E-state index in [0.29, 0.717) is 19.3 Å². The third kappa shape index (κ3) is 54.2. The maximum absolute atomic E-state index is 12.9. The highest BCUT2D eigenvalue weighted by Crippen LogP contribution is 2.17. The Hall–Kier alpha value is -2.63. The first-order chi connectivity index (χ1) is 33.0. The van der Waals surface area contributed by atoms with Crippen molar-refractivity contribution in [1.82, 2.24) is 0 Å². The number of esters is 3. The second-order valence-corrected chi connectivity index (χ2v) is 19.6. The molecule has 0 rings (SSSR count). The second kappa shape index (κ2) is 56.0. The van der Waals surface area contributed by atoms with Gasteiger partial charge in [0.2, 0.25) is 0 Å². The lowest BCUT2D eigenvalue weighted by molar-refractivity contribution is -0.167. The van der Waals surface area contributed by atoms with Crippen molar-refractivity contribution in [2.45, 2.75) is 309 Å². The molecule has 0 heterocycles. The van der Waals surface area contributed by atoms with E-state index in [1.54, 1.807) is 0 Å². The average Bonchev–Trinajstić information content (AvgIpc) is 3.33. The van der Waals surface area contributed by atoms with Crippen LogP contribution in [0.2, 0.25) is 0 Å². The quantitative estimate of drug-likeness (QED) is 0.0262. The van der Waals surface area contributed by atoms with Gasteiger partial charge in [0.1, 0.15) is 13.2 Å². The summed E-state index contributed by atoms with van der Waals surface area (Å²) in [5.74, 6) is -0.898. The molecule has 1 unspecified atom stereocenters. The van der Waals surface area contributed by atoms with Gasteiger partial charge in [-0.1, -0.05) is 268 Å². The first-order valence-electron chi connectivity index (χ1n) is 29.2. The zero-order valence-corrected chi connectivity index (χ0v) is 44.7. The van der Waals surface area contributed by atoms with E-state index < -0.39 is 6.10 Å². The molecule has 0 N–H and O–H groups in total. The highest BCUT2D eigenvalue weighted by molar-refractivity contribution is 5.71. The monoisotopic (exact) mass is 939 g/mol. The Morgan fingerprint density at radius 3 is 0.881 bits per heavy atom. The van der Waals surface area contributed by atoms with Gasteiger partial charge in [0.05, 0.1) is 0 Å². The van der Waals surface area contributed by atoms with E-state index >= 15 is 0 Å². The van der Waals surface area contributed by atoms with Crippen LogP contribution in [0.3, 0.4) is 0 Å². The lowest BCUT2D eigenvalue weighted by Crippen LogP contribution is -2.30. The molecule has 0 aromatic rings. The van der Waals surface area contributed by atoms with E-state index in [0.717, 1.165) is 70.6 Å². The molecule has 0 aliphatic carbocycles. The Balaban J connectivity index is 4.30. The fraction of sp³-hybridized carbons (Fsp3) is 0.820. The molecule has 0 radical (unpaired) electrons. The Bertz CT molecular complexity index is 1170. The van der Waals surface area contributed by atoms with Crippen molar-refractivity contribution < 1.29 is 28.6 Å². The van der Waals surface area contributed by atoms with E-state index in [4.69, 9.17) is 14.2 Å². The lowest BCUT2D eigenvalue weighted by Gasteiger charge is -2.18. The second-order valence-electron chi connectivity index (χ2n) is 19.6. The van der Waals surface area contributed by atoms with E-state index in [2.05, 4.69) is 69.4 Å². The number of hydrogen-bond donors (Lipinski definition) is 0. The predicted octanol–water partition coefficient (Wildman–Crippen LogP) is 19.4. The van der Waals surface area contributed by atoms with Crippen LogP contribution < -0.4 is 0 Å². The number of ether oxygens (including phenoxy) is 3. The van der Waals surface area contributed by atoms with Gasteiger partial charge in [-0.25, -0.2) is 0 Å². The van der Waals surface area contributed by atoms with Crippen LogP contribution in [-0.4, -0.2) is 37.2 Å². The van der Waals surface area contributed by atoms with Gasteiger partial charge in [-0.3, -0.25) is 14.4 Å². The van der Waals surface area contributed by atoms with Crippen molar-refractivity contribution in [1.29, 1.82) is 0 Å². The molecule has 67 heavy (non-hydrogen) atoms. The zero-order valence-electron chi connectivity index (χ0n) is 44.7. The summed E-state index contributed by atoms with van der Waals surface area (Å²) >= 11 is 0. The van der Waals surface area contributed by atoms with Crippen LogP contribution in [0, 0.1) is 0 Å². The minimum Gasteiger partial charge on any atom is -0.462 e. The Labute approximate surface area is 416 Å². The summed E-state index contributed by atoms with van der Waals surface area (Å²) < 4.78 is 16.8. The third-order valence-electron chi connectivity index (χ3n) is 12.9. The number of carbonyl (C=O) groups is 3. The molecule has 0 fully saturated rings.